The quantitative estimate of drug-likeness (QED) is 0.831. The summed E-state index contributed by atoms with van der Waals surface area (Å²) in [5.41, 5.74) is 7.10. The van der Waals surface area contributed by atoms with Crippen molar-refractivity contribution in [3.05, 3.63) is 34.6 Å². The summed E-state index contributed by atoms with van der Waals surface area (Å²) >= 11 is 5.82. The van der Waals surface area contributed by atoms with E-state index in [0.29, 0.717) is 11.8 Å². The van der Waals surface area contributed by atoms with Gasteiger partial charge in [-0.1, -0.05) is 24.1 Å². The monoisotopic (exact) mass is 374 g/mol. The van der Waals surface area contributed by atoms with Crippen LogP contribution in [0.25, 0.3) is 0 Å². The molecule has 3 rings (SSSR count). The summed E-state index contributed by atoms with van der Waals surface area (Å²) < 4.78 is 13.3. The van der Waals surface area contributed by atoms with E-state index in [1.807, 2.05) is 6.92 Å². The molecule has 1 aromatic carbocycles. The van der Waals surface area contributed by atoms with Gasteiger partial charge in [-0.3, -0.25) is 4.79 Å². The lowest BCUT2D eigenvalue weighted by atomic mass is 9.65. The van der Waals surface area contributed by atoms with Gasteiger partial charge < -0.3 is 11.1 Å². The molecule has 3 atom stereocenters. The lowest BCUT2D eigenvalue weighted by Gasteiger charge is -2.43. The van der Waals surface area contributed by atoms with E-state index in [1.165, 1.54) is 12.5 Å². The minimum atomic E-state index is -0.442. The Labute approximate surface area is 153 Å². The van der Waals surface area contributed by atoms with Crippen molar-refractivity contribution >= 4 is 29.9 Å². The van der Waals surface area contributed by atoms with Gasteiger partial charge in [0.2, 0.25) is 5.91 Å². The van der Waals surface area contributed by atoms with Crippen molar-refractivity contribution in [2.75, 3.05) is 0 Å². The summed E-state index contributed by atoms with van der Waals surface area (Å²) in [6.45, 7) is 1.90. The van der Waals surface area contributed by atoms with Crippen LogP contribution in [0.5, 0.6) is 0 Å². The van der Waals surface area contributed by atoms with Crippen LogP contribution in [0, 0.1) is 23.6 Å². The molecule has 6 heteroatoms. The molecule has 0 radical (unpaired) electrons. The predicted molar refractivity (Wildman–Crippen MR) is 96.7 cm³/mol. The lowest BCUT2D eigenvalue weighted by molar-refractivity contribution is -0.128. The molecule has 2 bridgehead atoms. The van der Waals surface area contributed by atoms with Crippen LogP contribution in [-0.4, -0.2) is 11.9 Å². The molecule has 3 nitrogen and oxygen atoms in total. The lowest BCUT2D eigenvalue weighted by Crippen LogP contribution is -2.49. The summed E-state index contributed by atoms with van der Waals surface area (Å²) in [5, 5.41) is 3.14. The molecular formula is C18H25Cl2FN2O. The van der Waals surface area contributed by atoms with E-state index in [9.17, 15) is 9.18 Å². The Morgan fingerprint density at radius 2 is 1.96 bits per heavy atom. The van der Waals surface area contributed by atoms with Crippen molar-refractivity contribution in [2.24, 2.45) is 23.5 Å². The zero-order valence-corrected chi connectivity index (χ0v) is 15.4. The Morgan fingerprint density at radius 3 is 2.54 bits per heavy atom. The van der Waals surface area contributed by atoms with Gasteiger partial charge >= 0.3 is 0 Å². The van der Waals surface area contributed by atoms with Crippen molar-refractivity contribution < 1.29 is 9.18 Å². The van der Waals surface area contributed by atoms with E-state index < -0.39 is 5.82 Å². The van der Waals surface area contributed by atoms with Crippen molar-refractivity contribution in [2.45, 2.75) is 51.1 Å². The highest BCUT2D eigenvalue weighted by atomic mass is 35.5. The maximum Gasteiger partial charge on any atom is 0.223 e. The van der Waals surface area contributed by atoms with Gasteiger partial charge in [0.25, 0.3) is 0 Å². The number of rotatable bonds is 3. The number of nitrogens with one attached hydrogen (secondary N) is 1. The number of fused-ring (bicyclic) bond motifs is 2. The van der Waals surface area contributed by atoms with E-state index in [2.05, 4.69) is 5.32 Å². The van der Waals surface area contributed by atoms with Crippen LogP contribution in [0.2, 0.25) is 5.02 Å². The molecule has 1 amide bonds. The third-order valence-corrected chi connectivity index (χ3v) is 5.88. The van der Waals surface area contributed by atoms with Crippen molar-refractivity contribution in [3.63, 3.8) is 0 Å². The first-order valence-electron chi connectivity index (χ1n) is 8.46. The standard InChI is InChI=1S/C18H24ClFN2O.ClH/c1-10(11-5-6-16(20)15(19)9-11)22-18(23)14-7-12-3-2-4-13(8-14)17(12)21;/h5-6,9-10,12-14,17H,2-4,7-8,21H2,1H3,(H,22,23);1H. The average molecular weight is 375 g/mol. The first-order valence-corrected chi connectivity index (χ1v) is 8.84. The number of nitrogens with two attached hydrogens (primary N) is 1. The fourth-order valence-corrected chi connectivity index (χ4v) is 4.39. The normalized spacial score (nSPS) is 30.2. The number of carbonyl (C=O) groups is 1. The first kappa shape index (κ1) is 19.5. The topological polar surface area (TPSA) is 55.1 Å². The molecular weight excluding hydrogens is 350 g/mol. The second-order valence-electron chi connectivity index (χ2n) is 7.10. The van der Waals surface area contributed by atoms with Gasteiger partial charge in [-0.15, -0.1) is 12.4 Å². The third kappa shape index (κ3) is 4.04. The van der Waals surface area contributed by atoms with E-state index >= 15 is 0 Å². The van der Waals surface area contributed by atoms with Crippen molar-refractivity contribution in [1.29, 1.82) is 0 Å². The van der Waals surface area contributed by atoms with Gasteiger partial charge in [0.1, 0.15) is 5.82 Å². The molecule has 0 aromatic heterocycles. The number of carbonyl (C=O) groups excluding carboxylic acids is 1. The van der Waals surface area contributed by atoms with E-state index in [0.717, 1.165) is 31.2 Å². The molecule has 0 aliphatic heterocycles. The molecule has 0 spiro atoms. The predicted octanol–water partition coefficient (Wildman–Crippen LogP) is 4.23. The number of amides is 1. The van der Waals surface area contributed by atoms with E-state index in [-0.39, 0.29) is 41.3 Å². The largest absolute Gasteiger partial charge is 0.349 e. The van der Waals surface area contributed by atoms with Crippen molar-refractivity contribution in [3.8, 4) is 0 Å². The molecule has 3 unspecified atom stereocenters. The highest BCUT2D eigenvalue weighted by Gasteiger charge is 2.40. The Morgan fingerprint density at radius 1 is 1.33 bits per heavy atom. The summed E-state index contributed by atoms with van der Waals surface area (Å²) in [6, 6.07) is 4.66. The van der Waals surface area contributed by atoms with Crippen LogP contribution in [0.4, 0.5) is 4.39 Å². The van der Waals surface area contributed by atoms with Crippen LogP contribution in [-0.2, 0) is 4.79 Å². The Balaban J connectivity index is 0.00000208. The van der Waals surface area contributed by atoms with Gasteiger partial charge in [-0.25, -0.2) is 4.39 Å². The molecule has 134 valence electrons. The highest BCUT2D eigenvalue weighted by molar-refractivity contribution is 6.30. The van der Waals surface area contributed by atoms with Gasteiger partial charge in [-0.2, -0.15) is 0 Å². The van der Waals surface area contributed by atoms with Gasteiger partial charge in [0, 0.05) is 12.0 Å². The van der Waals surface area contributed by atoms with E-state index in [1.54, 1.807) is 12.1 Å². The zero-order valence-electron chi connectivity index (χ0n) is 13.8. The molecule has 2 fully saturated rings. The van der Waals surface area contributed by atoms with Gasteiger partial charge in [0.05, 0.1) is 11.1 Å². The summed E-state index contributed by atoms with van der Waals surface area (Å²) in [6.07, 6.45) is 5.30. The number of hydrogen-bond donors (Lipinski definition) is 2. The van der Waals surface area contributed by atoms with Crippen LogP contribution in [0.3, 0.4) is 0 Å². The molecule has 2 saturated carbocycles. The SMILES string of the molecule is CC(NC(=O)C1CC2CCCC(C1)C2N)c1ccc(F)c(Cl)c1.Cl. The minimum absolute atomic E-state index is 0. The number of hydrogen-bond acceptors (Lipinski definition) is 2. The minimum Gasteiger partial charge on any atom is -0.349 e. The van der Waals surface area contributed by atoms with Crippen LogP contribution < -0.4 is 11.1 Å². The number of benzene rings is 1. The molecule has 2 aliphatic rings. The first-order chi connectivity index (χ1) is 11.0. The second-order valence-corrected chi connectivity index (χ2v) is 7.51. The molecule has 2 aliphatic carbocycles. The van der Waals surface area contributed by atoms with Gasteiger partial charge in [0.15, 0.2) is 0 Å². The highest BCUT2D eigenvalue weighted by Crippen LogP contribution is 2.42. The molecule has 24 heavy (non-hydrogen) atoms. The number of halogens is 3. The molecule has 1 aromatic rings. The van der Waals surface area contributed by atoms with E-state index in [4.69, 9.17) is 17.3 Å². The maximum atomic E-state index is 13.3. The third-order valence-electron chi connectivity index (χ3n) is 5.59. The fourth-order valence-electron chi connectivity index (χ4n) is 4.20. The fraction of sp³-hybridized carbons (Fsp3) is 0.611. The van der Waals surface area contributed by atoms with Crippen LogP contribution >= 0.6 is 24.0 Å². The van der Waals surface area contributed by atoms with Crippen LogP contribution in [0.1, 0.15) is 50.6 Å². The molecule has 0 heterocycles. The van der Waals surface area contributed by atoms with Crippen LogP contribution in [0.15, 0.2) is 18.2 Å². The van der Waals surface area contributed by atoms with Gasteiger partial charge in [-0.05, 0) is 62.1 Å². The second kappa shape index (κ2) is 8.03. The van der Waals surface area contributed by atoms with Crippen molar-refractivity contribution in [1.82, 2.24) is 5.32 Å². The summed E-state index contributed by atoms with van der Waals surface area (Å²) in [7, 11) is 0. The summed E-state index contributed by atoms with van der Waals surface area (Å²) in [5.74, 6) is 0.649. The Hall–Kier alpha value is -0.840. The Kier molecular flexibility index (Phi) is 6.52. The maximum absolute atomic E-state index is 13.3. The molecule has 3 N–H and O–H groups in total. The molecule has 0 saturated heterocycles. The summed E-state index contributed by atoms with van der Waals surface area (Å²) in [4.78, 5) is 12.6. The zero-order chi connectivity index (χ0) is 16.6. The average Bonchev–Trinajstić information content (AvgIpc) is 2.49. The smallest absolute Gasteiger partial charge is 0.223 e. The Bertz CT molecular complexity index is 584.